The fourth-order valence-electron chi connectivity index (χ4n) is 5.71. The highest BCUT2D eigenvalue weighted by Crippen LogP contribution is 2.37. The van der Waals surface area contributed by atoms with Crippen molar-refractivity contribution in [3.63, 3.8) is 0 Å². The number of aromatic nitrogens is 2. The second-order valence-electron chi connectivity index (χ2n) is 11.2. The maximum absolute atomic E-state index is 14.2. The normalized spacial score (nSPS) is 15.9. The Morgan fingerprint density at radius 3 is 2.13 bits per heavy atom. The summed E-state index contributed by atoms with van der Waals surface area (Å²) in [5, 5.41) is 4.95. The van der Waals surface area contributed by atoms with Crippen molar-refractivity contribution in [1.82, 2.24) is 14.9 Å². The van der Waals surface area contributed by atoms with Crippen LogP contribution in [-0.2, 0) is 6.18 Å². The zero-order valence-electron chi connectivity index (χ0n) is 24.9. The lowest BCUT2D eigenvalue weighted by molar-refractivity contribution is -0.141. The summed E-state index contributed by atoms with van der Waals surface area (Å²) in [5.41, 5.74) is -0.660. The number of hydrogen-bond donors (Lipinski definition) is 2. The molecule has 4 aromatic rings. The van der Waals surface area contributed by atoms with Gasteiger partial charge in [0.1, 0.15) is 17.5 Å². The summed E-state index contributed by atoms with van der Waals surface area (Å²) >= 11 is 0. The van der Waals surface area contributed by atoms with Crippen LogP contribution in [0.1, 0.15) is 40.6 Å². The Bertz CT molecular complexity index is 1730. The van der Waals surface area contributed by atoms with Crippen molar-refractivity contribution in [3.8, 4) is 0 Å². The highest BCUT2D eigenvalue weighted by atomic mass is 19.4. The second-order valence-corrected chi connectivity index (χ2v) is 11.2. The number of alkyl halides is 3. The van der Waals surface area contributed by atoms with Gasteiger partial charge in [-0.05, 0) is 54.7 Å². The van der Waals surface area contributed by atoms with Crippen molar-refractivity contribution >= 4 is 35.1 Å². The molecule has 2 aliphatic rings. The molecule has 0 radical (unpaired) electrons. The number of oxazole rings is 1. The molecule has 3 amide bonds. The molecule has 0 bridgehead atoms. The van der Waals surface area contributed by atoms with Crippen LogP contribution in [0.5, 0.6) is 0 Å². The molecule has 15 heteroatoms. The van der Waals surface area contributed by atoms with Crippen LogP contribution in [0, 0.1) is 11.6 Å². The molecule has 0 saturated carbocycles. The Hall–Kier alpha value is -5.21. The van der Waals surface area contributed by atoms with E-state index in [1.54, 1.807) is 35.2 Å². The molecule has 2 aromatic carbocycles. The first-order valence-electron chi connectivity index (χ1n) is 15.0. The summed E-state index contributed by atoms with van der Waals surface area (Å²) < 4.78 is 75.2. The third-order valence-corrected chi connectivity index (χ3v) is 8.21. The van der Waals surface area contributed by atoms with Crippen LogP contribution in [0.3, 0.4) is 0 Å². The maximum atomic E-state index is 14.2. The van der Waals surface area contributed by atoms with Crippen molar-refractivity contribution < 1.29 is 36.0 Å². The number of urea groups is 1. The van der Waals surface area contributed by atoms with Crippen molar-refractivity contribution in [3.05, 3.63) is 95.5 Å². The molecule has 0 unspecified atom stereocenters. The molecule has 2 fully saturated rings. The smallest absolute Gasteiger partial charge is 0.417 e. The highest BCUT2D eigenvalue weighted by Gasteiger charge is 2.42. The summed E-state index contributed by atoms with van der Waals surface area (Å²) in [6.45, 7) is 2.08. The Kier molecular flexibility index (Phi) is 8.96. The minimum absolute atomic E-state index is 0.0874. The molecule has 2 aromatic heterocycles. The van der Waals surface area contributed by atoms with Gasteiger partial charge in [0.05, 0.1) is 17.6 Å². The molecule has 4 heterocycles. The largest absolute Gasteiger partial charge is 0.437 e. The number of benzene rings is 2. The quantitative estimate of drug-likeness (QED) is 0.233. The average molecular weight is 656 g/mol. The molecule has 0 spiro atoms. The van der Waals surface area contributed by atoms with Gasteiger partial charge in [0.15, 0.2) is 5.69 Å². The van der Waals surface area contributed by atoms with E-state index in [1.807, 2.05) is 4.90 Å². The van der Waals surface area contributed by atoms with Gasteiger partial charge in [-0.1, -0.05) is 30.3 Å². The van der Waals surface area contributed by atoms with E-state index in [2.05, 4.69) is 20.6 Å². The van der Waals surface area contributed by atoms with Crippen LogP contribution in [0.25, 0.3) is 0 Å². The summed E-state index contributed by atoms with van der Waals surface area (Å²) in [6.07, 6.45) is -2.70. The van der Waals surface area contributed by atoms with Gasteiger partial charge in [0.25, 0.3) is 11.9 Å². The topological polar surface area (TPSA) is 107 Å². The molecule has 47 heavy (non-hydrogen) atoms. The van der Waals surface area contributed by atoms with Crippen LogP contribution in [0.15, 0.2) is 71.3 Å². The van der Waals surface area contributed by atoms with E-state index in [1.165, 1.54) is 41.4 Å². The first-order chi connectivity index (χ1) is 22.6. The summed E-state index contributed by atoms with van der Waals surface area (Å²) in [7, 11) is 0. The number of anilines is 4. The number of nitrogens with one attached hydrogen (secondary N) is 2. The van der Waals surface area contributed by atoms with E-state index >= 15 is 0 Å². The summed E-state index contributed by atoms with van der Waals surface area (Å²) in [5.74, 6) is -2.54. The number of rotatable bonds is 6. The van der Waals surface area contributed by atoms with E-state index < -0.39 is 35.4 Å². The fraction of sp³-hybridized carbons (Fsp3) is 0.312. The summed E-state index contributed by atoms with van der Waals surface area (Å²) in [6, 6.07) is 14.6. The van der Waals surface area contributed by atoms with Crippen LogP contribution < -0.4 is 20.4 Å². The number of pyridine rings is 1. The monoisotopic (exact) mass is 655 g/mol. The lowest BCUT2D eigenvalue weighted by Gasteiger charge is -2.35. The van der Waals surface area contributed by atoms with Gasteiger partial charge in [-0.3, -0.25) is 4.79 Å². The first-order valence-corrected chi connectivity index (χ1v) is 15.0. The van der Waals surface area contributed by atoms with Crippen molar-refractivity contribution in [2.24, 2.45) is 0 Å². The summed E-state index contributed by atoms with van der Waals surface area (Å²) in [4.78, 5) is 38.5. The third kappa shape index (κ3) is 7.13. The van der Waals surface area contributed by atoms with Crippen molar-refractivity contribution in [2.45, 2.75) is 24.9 Å². The zero-order valence-corrected chi connectivity index (χ0v) is 24.9. The van der Waals surface area contributed by atoms with Gasteiger partial charge in [0, 0.05) is 39.3 Å². The Labute approximate surface area is 266 Å². The van der Waals surface area contributed by atoms with Crippen molar-refractivity contribution in [1.29, 1.82) is 0 Å². The highest BCUT2D eigenvalue weighted by molar-refractivity contribution is 6.03. The van der Waals surface area contributed by atoms with Crippen LogP contribution in [-0.4, -0.2) is 66.1 Å². The SMILES string of the molecule is O=C(Nc1ccc(N2CCN(C(=O)Nc3ccccc3F)CC2)nc1)c1oc(N2CCC(c3ccccc3F)CC2)nc1C(F)(F)F. The van der Waals surface area contributed by atoms with Crippen LogP contribution >= 0.6 is 0 Å². The van der Waals surface area contributed by atoms with Gasteiger partial charge >= 0.3 is 12.2 Å². The predicted octanol–water partition coefficient (Wildman–Crippen LogP) is 6.36. The second kappa shape index (κ2) is 13.3. The Balaban J connectivity index is 1.06. The van der Waals surface area contributed by atoms with E-state index in [0.717, 1.165) is 0 Å². The minimum Gasteiger partial charge on any atom is -0.417 e. The molecule has 2 saturated heterocycles. The lowest BCUT2D eigenvalue weighted by Crippen LogP contribution is -2.50. The minimum atomic E-state index is -4.95. The number of amides is 3. The average Bonchev–Trinajstić information content (AvgIpc) is 3.54. The molecular formula is C32H30F5N7O3. The maximum Gasteiger partial charge on any atom is 0.437 e. The van der Waals surface area contributed by atoms with E-state index in [9.17, 15) is 31.5 Å². The lowest BCUT2D eigenvalue weighted by atomic mass is 9.89. The number of nitrogens with zero attached hydrogens (tertiary/aromatic N) is 5. The number of para-hydroxylation sites is 1. The molecule has 10 nitrogen and oxygen atoms in total. The number of carbonyl (C=O) groups is 2. The number of piperazine rings is 1. The van der Waals surface area contributed by atoms with E-state index in [-0.39, 0.29) is 42.2 Å². The standard InChI is InChI=1S/C32H30F5N7O3/c33-23-6-2-1-5-22(23)20-11-13-44(14-12-20)31-41-28(32(35,36)37)27(47-31)29(45)39-21-9-10-26(38-19-21)42-15-17-43(18-16-42)30(46)40-25-8-4-3-7-24(25)34/h1-10,19-20H,11-18H2,(H,39,45)(H,40,46). The number of halogens is 5. The molecule has 2 aliphatic heterocycles. The van der Waals surface area contributed by atoms with Gasteiger partial charge < -0.3 is 29.8 Å². The molecule has 0 atom stereocenters. The molecule has 2 N–H and O–H groups in total. The van der Waals surface area contributed by atoms with Gasteiger partial charge in [-0.15, -0.1) is 0 Å². The van der Waals surface area contributed by atoms with E-state index in [0.29, 0.717) is 50.4 Å². The molecular weight excluding hydrogens is 625 g/mol. The number of piperidine rings is 1. The van der Waals surface area contributed by atoms with Crippen LogP contribution in [0.4, 0.5) is 50.0 Å². The van der Waals surface area contributed by atoms with Crippen molar-refractivity contribution in [2.75, 3.05) is 59.7 Å². The Morgan fingerprint density at radius 1 is 0.809 bits per heavy atom. The Morgan fingerprint density at radius 2 is 1.49 bits per heavy atom. The van der Waals surface area contributed by atoms with Gasteiger partial charge in [-0.2, -0.15) is 18.2 Å². The number of hydrogen-bond acceptors (Lipinski definition) is 7. The first kappa shape index (κ1) is 31.8. The van der Waals surface area contributed by atoms with E-state index in [4.69, 9.17) is 4.42 Å². The zero-order chi connectivity index (χ0) is 33.1. The molecule has 246 valence electrons. The predicted molar refractivity (Wildman–Crippen MR) is 163 cm³/mol. The fourth-order valence-corrected chi connectivity index (χ4v) is 5.71. The van der Waals surface area contributed by atoms with Crippen LogP contribution in [0.2, 0.25) is 0 Å². The third-order valence-electron chi connectivity index (χ3n) is 8.21. The molecule has 6 rings (SSSR count). The van der Waals surface area contributed by atoms with Gasteiger partial charge in [-0.25, -0.2) is 18.6 Å². The van der Waals surface area contributed by atoms with Gasteiger partial charge in [0.2, 0.25) is 5.76 Å². The number of carbonyl (C=O) groups excluding carboxylic acids is 2. The molecule has 0 aliphatic carbocycles.